The fourth-order valence-electron chi connectivity index (χ4n) is 2.61. The molecule has 2 rings (SSSR count). The third-order valence-corrected chi connectivity index (χ3v) is 4.80. The molecular weight excluding hydrogens is 288 g/mol. The number of carboxylic acid groups (broad SMARTS) is 1. The summed E-state index contributed by atoms with van der Waals surface area (Å²) in [5, 5.41) is 15.3. The van der Waals surface area contributed by atoms with Gasteiger partial charge in [-0.15, -0.1) is 0 Å². The van der Waals surface area contributed by atoms with Crippen molar-refractivity contribution in [3.63, 3.8) is 0 Å². The molecule has 0 heterocycles. The highest BCUT2D eigenvalue weighted by Crippen LogP contribution is 2.27. The zero-order valence-electron chi connectivity index (χ0n) is 12.0. The Hall–Kier alpha value is -1.69. The van der Waals surface area contributed by atoms with Gasteiger partial charge in [-0.1, -0.05) is 18.6 Å². The molecule has 2 unspecified atom stereocenters. The SMILES string of the molecule is CSC1CCCC(NC(=O)Nc2ccccc2C(=O)O)C1. The molecule has 0 radical (unpaired) electrons. The topological polar surface area (TPSA) is 78.4 Å². The molecule has 1 aromatic carbocycles. The number of thioether (sulfide) groups is 1. The summed E-state index contributed by atoms with van der Waals surface area (Å²) < 4.78 is 0. The lowest BCUT2D eigenvalue weighted by atomic mass is 9.95. The number of urea groups is 1. The van der Waals surface area contributed by atoms with Gasteiger partial charge in [-0.05, 0) is 37.7 Å². The number of carbonyl (C=O) groups excluding carboxylic acids is 1. The molecule has 0 bridgehead atoms. The molecule has 0 aliphatic heterocycles. The van der Waals surface area contributed by atoms with Gasteiger partial charge in [0.05, 0.1) is 11.3 Å². The maximum atomic E-state index is 12.0. The second-order valence-electron chi connectivity index (χ2n) is 5.17. The van der Waals surface area contributed by atoms with E-state index in [0.717, 1.165) is 19.3 Å². The summed E-state index contributed by atoms with van der Waals surface area (Å²) in [6, 6.07) is 6.23. The van der Waals surface area contributed by atoms with Gasteiger partial charge < -0.3 is 15.7 Å². The highest BCUT2D eigenvalue weighted by Gasteiger charge is 2.23. The minimum atomic E-state index is -1.05. The van der Waals surface area contributed by atoms with Crippen LogP contribution in [0.3, 0.4) is 0 Å². The molecule has 0 spiro atoms. The summed E-state index contributed by atoms with van der Waals surface area (Å²) in [4.78, 5) is 23.1. The molecule has 5 nitrogen and oxygen atoms in total. The Morgan fingerprint density at radius 3 is 2.76 bits per heavy atom. The summed E-state index contributed by atoms with van der Waals surface area (Å²) in [5.74, 6) is -1.05. The van der Waals surface area contributed by atoms with Crippen molar-refractivity contribution in [2.24, 2.45) is 0 Å². The summed E-state index contributed by atoms with van der Waals surface area (Å²) >= 11 is 1.84. The van der Waals surface area contributed by atoms with Gasteiger partial charge in [0.2, 0.25) is 0 Å². The number of hydrogen-bond donors (Lipinski definition) is 3. The standard InChI is InChI=1S/C15H20N2O3S/c1-21-11-6-4-5-10(9-11)16-15(20)17-13-8-3-2-7-12(13)14(18)19/h2-3,7-8,10-11H,4-6,9H2,1H3,(H,18,19)(H2,16,17,20). The van der Waals surface area contributed by atoms with Crippen LogP contribution in [-0.2, 0) is 0 Å². The van der Waals surface area contributed by atoms with Crippen LogP contribution in [0, 0.1) is 0 Å². The predicted octanol–water partition coefficient (Wildman–Crippen LogP) is 3.18. The Bertz CT molecular complexity index is 521. The fourth-order valence-corrected chi connectivity index (χ4v) is 3.44. The summed E-state index contributed by atoms with van der Waals surface area (Å²) in [6.45, 7) is 0. The van der Waals surface area contributed by atoms with Gasteiger partial charge >= 0.3 is 12.0 Å². The molecule has 3 N–H and O–H groups in total. The summed E-state index contributed by atoms with van der Waals surface area (Å²) in [5.41, 5.74) is 0.415. The predicted molar refractivity (Wildman–Crippen MR) is 85.1 cm³/mol. The van der Waals surface area contributed by atoms with Gasteiger partial charge in [-0.25, -0.2) is 9.59 Å². The van der Waals surface area contributed by atoms with Crippen LogP contribution in [0.25, 0.3) is 0 Å². The van der Waals surface area contributed by atoms with E-state index in [2.05, 4.69) is 16.9 Å². The number of carbonyl (C=O) groups is 2. The van der Waals surface area contributed by atoms with Crippen LogP contribution in [0.5, 0.6) is 0 Å². The maximum absolute atomic E-state index is 12.0. The van der Waals surface area contributed by atoms with Crippen molar-refractivity contribution >= 4 is 29.4 Å². The Morgan fingerprint density at radius 1 is 1.29 bits per heavy atom. The summed E-state index contributed by atoms with van der Waals surface area (Å²) in [7, 11) is 0. The molecular formula is C15H20N2O3S. The number of para-hydroxylation sites is 1. The molecule has 0 aromatic heterocycles. The summed E-state index contributed by atoms with van der Waals surface area (Å²) in [6.07, 6.45) is 6.35. The smallest absolute Gasteiger partial charge is 0.337 e. The number of nitrogens with one attached hydrogen (secondary N) is 2. The number of benzene rings is 1. The van der Waals surface area contributed by atoms with Gasteiger partial charge in [0.1, 0.15) is 0 Å². The number of anilines is 1. The number of carboxylic acids is 1. The zero-order valence-corrected chi connectivity index (χ0v) is 12.8. The highest BCUT2D eigenvalue weighted by molar-refractivity contribution is 7.99. The first-order valence-electron chi connectivity index (χ1n) is 7.02. The van der Waals surface area contributed by atoms with Crippen molar-refractivity contribution in [1.29, 1.82) is 0 Å². The third-order valence-electron chi connectivity index (χ3n) is 3.70. The monoisotopic (exact) mass is 308 g/mol. The lowest BCUT2D eigenvalue weighted by molar-refractivity contribution is 0.0698. The Labute approximate surface area is 128 Å². The van der Waals surface area contributed by atoms with Gasteiger partial charge in [0.15, 0.2) is 0 Å². The average Bonchev–Trinajstić information content (AvgIpc) is 2.47. The number of aromatic carboxylic acids is 1. The number of hydrogen-bond acceptors (Lipinski definition) is 3. The van der Waals surface area contributed by atoms with E-state index in [1.165, 1.54) is 12.5 Å². The van der Waals surface area contributed by atoms with E-state index in [9.17, 15) is 9.59 Å². The number of amides is 2. The largest absolute Gasteiger partial charge is 0.478 e. The van der Waals surface area contributed by atoms with Crippen LogP contribution in [-0.4, -0.2) is 34.7 Å². The minimum Gasteiger partial charge on any atom is -0.478 e. The van der Waals surface area contributed by atoms with Crippen molar-refractivity contribution in [1.82, 2.24) is 5.32 Å². The van der Waals surface area contributed by atoms with E-state index in [4.69, 9.17) is 5.11 Å². The Balaban J connectivity index is 1.94. The maximum Gasteiger partial charge on any atom is 0.337 e. The van der Waals surface area contributed by atoms with Crippen LogP contribution in [0.15, 0.2) is 24.3 Å². The van der Waals surface area contributed by atoms with E-state index in [1.807, 2.05) is 11.8 Å². The fraction of sp³-hybridized carbons (Fsp3) is 0.467. The Kier molecular flexibility index (Phi) is 5.50. The van der Waals surface area contributed by atoms with Gasteiger partial charge in [0.25, 0.3) is 0 Å². The quantitative estimate of drug-likeness (QED) is 0.798. The van der Waals surface area contributed by atoms with Gasteiger partial charge in [-0.2, -0.15) is 11.8 Å². The average molecular weight is 308 g/mol. The van der Waals surface area contributed by atoms with Crippen LogP contribution in [0.4, 0.5) is 10.5 Å². The molecule has 2 amide bonds. The zero-order chi connectivity index (χ0) is 15.2. The second-order valence-corrected chi connectivity index (χ2v) is 6.31. The molecule has 21 heavy (non-hydrogen) atoms. The lowest BCUT2D eigenvalue weighted by Gasteiger charge is -2.28. The van der Waals surface area contributed by atoms with Crippen LogP contribution in [0.1, 0.15) is 36.0 Å². The van der Waals surface area contributed by atoms with E-state index in [1.54, 1.807) is 18.2 Å². The molecule has 1 saturated carbocycles. The first-order valence-corrected chi connectivity index (χ1v) is 8.31. The van der Waals surface area contributed by atoms with Crippen molar-refractivity contribution in [2.45, 2.75) is 37.0 Å². The highest BCUT2D eigenvalue weighted by atomic mass is 32.2. The molecule has 1 aromatic rings. The molecule has 1 aliphatic rings. The molecule has 1 fully saturated rings. The molecule has 6 heteroatoms. The molecule has 1 aliphatic carbocycles. The van der Waals surface area contributed by atoms with Gasteiger partial charge in [0, 0.05) is 11.3 Å². The van der Waals surface area contributed by atoms with Crippen molar-refractivity contribution in [3.05, 3.63) is 29.8 Å². The third kappa shape index (κ3) is 4.39. The second kappa shape index (κ2) is 7.36. The van der Waals surface area contributed by atoms with E-state index < -0.39 is 5.97 Å². The lowest BCUT2D eigenvalue weighted by Crippen LogP contribution is -2.41. The van der Waals surface area contributed by atoms with Gasteiger partial charge in [-0.3, -0.25) is 0 Å². The van der Waals surface area contributed by atoms with Crippen molar-refractivity contribution in [3.8, 4) is 0 Å². The first kappa shape index (κ1) is 15.7. The van der Waals surface area contributed by atoms with E-state index >= 15 is 0 Å². The molecule has 114 valence electrons. The molecule has 0 saturated heterocycles. The van der Waals surface area contributed by atoms with E-state index in [-0.39, 0.29) is 17.6 Å². The normalized spacial score (nSPS) is 21.6. The van der Waals surface area contributed by atoms with Crippen LogP contribution in [0.2, 0.25) is 0 Å². The van der Waals surface area contributed by atoms with Crippen LogP contribution < -0.4 is 10.6 Å². The number of rotatable bonds is 4. The van der Waals surface area contributed by atoms with Crippen LogP contribution >= 0.6 is 11.8 Å². The Morgan fingerprint density at radius 2 is 2.05 bits per heavy atom. The van der Waals surface area contributed by atoms with Crippen molar-refractivity contribution in [2.75, 3.05) is 11.6 Å². The first-order chi connectivity index (χ1) is 10.1. The minimum absolute atomic E-state index is 0.0956. The van der Waals surface area contributed by atoms with E-state index in [0.29, 0.717) is 10.9 Å². The molecule has 2 atom stereocenters. The van der Waals surface area contributed by atoms with Crippen molar-refractivity contribution < 1.29 is 14.7 Å².